The maximum Gasteiger partial charge on any atom is 0.340 e. The fraction of sp³-hybridized carbons (Fsp3) is 0.391. The number of nitrogens with zero attached hydrogens (tertiary/aromatic N) is 1. The summed E-state index contributed by atoms with van der Waals surface area (Å²) >= 11 is 0. The number of para-hydroxylation sites is 1. The number of carbonyl (C=O) groups is 2. The lowest BCUT2D eigenvalue weighted by atomic mass is 9.99. The first-order valence-electron chi connectivity index (χ1n) is 10.6. The van der Waals surface area contributed by atoms with Crippen molar-refractivity contribution < 1.29 is 27.5 Å². The molecule has 0 radical (unpaired) electrons. The van der Waals surface area contributed by atoms with Crippen LogP contribution in [-0.4, -0.2) is 51.5 Å². The van der Waals surface area contributed by atoms with E-state index in [0.717, 1.165) is 12.8 Å². The van der Waals surface area contributed by atoms with Gasteiger partial charge in [0.15, 0.2) is 6.61 Å². The van der Waals surface area contributed by atoms with Crippen LogP contribution in [-0.2, 0) is 19.6 Å². The molecule has 9 heteroatoms. The average molecular weight is 461 g/mol. The Morgan fingerprint density at radius 3 is 2.38 bits per heavy atom. The number of anilines is 1. The Morgan fingerprint density at radius 1 is 1.06 bits per heavy atom. The van der Waals surface area contributed by atoms with Gasteiger partial charge in [-0.2, -0.15) is 0 Å². The minimum atomic E-state index is -3.94. The molecule has 0 bridgehead atoms. The van der Waals surface area contributed by atoms with Crippen molar-refractivity contribution in [2.24, 2.45) is 5.92 Å². The summed E-state index contributed by atoms with van der Waals surface area (Å²) in [6, 6.07) is 12.1. The molecule has 1 N–H and O–H groups in total. The first-order valence-corrected chi connectivity index (χ1v) is 12.1. The molecule has 32 heavy (non-hydrogen) atoms. The lowest BCUT2D eigenvalue weighted by Crippen LogP contribution is -2.40. The van der Waals surface area contributed by atoms with Gasteiger partial charge < -0.3 is 14.4 Å². The van der Waals surface area contributed by atoms with E-state index in [0.29, 0.717) is 31.4 Å². The monoisotopic (exact) mass is 460 g/mol. The van der Waals surface area contributed by atoms with Gasteiger partial charge in [-0.25, -0.2) is 13.2 Å². The molecule has 0 saturated carbocycles. The minimum absolute atomic E-state index is 0.0265. The molecule has 0 aliphatic carbocycles. The first kappa shape index (κ1) is 23.6. The summed E-state index contributed by atoms with van der Waals surface area (Å²) in [4.78, 5) is 26.7. The Kier molecular flexibility index (Phi) is 7.74. The summed E-state index contributed by atoms with van der Waals surface area (Å²) in [5.41, 5.74) is 0.104. The zero-order valence-electron chi connectivity index (χ0n) is 18.2. The van der Waals surface area contributed by atoms with Crippen LogP contribution in [0.15, 0.2) is 53.4 Å². The molecular formula is C23H28N2O6S. The molecule has 1 aliphatic rings. The molecule has 0 atom stereocenters. The number of carbonyl (C=O) groups excluding carboxylic acids is 2. The third-order valence-corrected chi connectivity index (χ3v) is 6.68. The number of likely N-dealkylation sites (tertiary alicyclic amines) is 1. The largest absolute Gasteiger partial charge is 0.494 e. The lowest BCUT2D eigenvalue weighted by Gasteiger charge is -2.30. The van der Waals surface area contributed by atoms with Crippen molar-refractivity contribution in [3.8, 4) is 5.75 Å². The lowest BCUT2D eigenvalue weighted by molar-refractivity contribution is -0.135. The van der Waals surface area contributed by atoms with Gasteiger partial charge in [0.25, 0.3) is 15.9 Å². The summed E-state index contributed by atoms with van der Waals surface area (Å²) in [7, 11) is -3.94. The van der Waals surface area contributed by atoms with Crippen LogP contribution in [0.5, 0.6) is 5.75 Å². The Bertz CT molecular complexity index is 1040. The number of amides is 1. The van der Waals surface area contributed by atoms with E-state index in [1.165, 1.54) is 24.3 Å². The third-order valence-electron chi connectivity index (χ3n) is 5.30. The number of benzene rings is 2. The Balaban J connectivity index is 1.67. The number of hydrogen-bond donors (Lipinski definition) is 1. The molecular weight excluding hydrogens is 432 g/mol. The van der Waals surface area contributed by atoms with Crippen molar-refractivity contribution in [1.29, 1.82) is 0 Å². The number of sulfonamides is 1. The zero-order chi connectivity index (χ0) is 23.1. The number of piperidine rings is 1. The van der Waals surface area contributed by atoms with Gasteiger partial charge in [-0.05, 0) is 62.1 Å². The van der Waals surface area contributed by atoms with Crippen LogP contribution in [0.1, 0.15) is 37.0 Å². The van der Waals surface area contributed by atoms with Crippen LogP contribution in [0.4, 0.5) is 5.69 Å². The van der Waals surface area contributed by atoms with E-state index in [9.17, 15) is 18.0 Å². The maximum atomic E-state index is 12.8. The molecule has 2 aromatic carbocycles. The van der Waals surface area contributed by atoms with E-state index in [2.05, 4.69) is 11.6 Å². The zero-order valence-corrected chi connectivity index (χ0v) is 19.1. The molecule has 3 rings (SSSR count). The van der Waals surface area contributed by atoms with Crippen LogP contribution in [0.25, 0.3) is 0 Å². The molecule has 1 saturated heterocycles. The van der Waals surface area contributed by atoms with Gasteiger partial charge >= 0.3 is 5.97 Å². The predicted molar refractivity (Wildman–Crippen MR) is 120 cm³/mol. The van der Waals surface area contributed by atoms with Crippen molar-refractivity contribution in [2.45, 2.75) is 31.6 Å². The van der Waals surface area contributed by atoms with Crippen molar-refractivity contribution in [2.75, 3.05) is 31.0 Å². The highest BCUT2D eigenvalue weighted by Gasteiger charge is 2.23. The van der Waals surface area contributed by atoms with Gasteiger partial charge in [0.1, 0.15) is 5.75 Å². The normalized spacial score (nSPS) is 14.6. The first-order chi connectivity index (χ1) is 15.3. The molecule has 8 nitrogen and oxygen atoms in total. The van der Waals surface area contributed by atoms with Crippen LogP contribution >= 0.6 is 0 Å². The highest BCUT2D eigenvalue weighted by Crippen LogP contribution is 2.23. The highest BCUT2D eigenvalue weighted by molar-refractivity contribution is 7.92. The van der Waals surface area contributed by atoms with Crippen LogP contribution in [0, 0.1) is 5.92 Å². The molecule has 1 fully saturated rings. The van der Waals surface area contributed by atoms with E-state index in [1.807, 2.05) is 6.92 Å². The second-order valence-electron chi connectivity index (χ2n) is 7.69. The van der Waals surface area contributed by atoms with Crippen molar-refractivity contribution >= 4 is 27.6 Å². The predicted octanol–water partition coefficient (Wildman–Crippen LogP) is 3.30. The van der Waals surface area contributed by atoms with Crippen molar-refractivity contribution in [3.05, 3.63) is 54.1 Å². The van der Waals surface area contributed by atoms with E-state index in [4.69, 9.17) is 9.47 Å². The van der Waals surface area contributed by atoms with Crippen LogP contribution in [0.3, 0.4) is 0 Å². The molecule has 1 aliphatic heterocycles. The molecule has 1 heterocycles. The highest BCUT2D eigenvalue weighted by atomic mass is 32.2. The standard InChI is InChI=1S/C23H28N2O6S/c1-3-30-18-8-10-19(11-9-18)32(28,29)24-21-7-5-4-6-20(21)23(27)31-16-22(26)25-14-12-17(2)13-15-25/h4-11,17,24H,3,12-16H2,1-2H3. The molecule has 1 amide bonds. The SMILES string of the molecule is CCOc1ccc(S(=O)(=O)Nc2ccccc2C(=O)OCC(=O)N2CCC(C)CC2)cc1. The Hall–Kier alpha value is -3.07. The quantitative estimate of drug-likeness (QED) is 0.607. The second kappa shape index (κ2) is 10.5. The van der Waals surface area contributed by atoms with E-state index in [1.54, 1.807) is 29.2 Å². The van der Waals surface area contributed by atoms with Crippen molar-refractivity contribution in [3.63, 3.8) is 0 Å². The van der Waals surface area contributed by atoms with Gasteiger partial charge in [0.05, 0.1) is 22.8 Å². The number of rotatable bonds is 8. The summed E-state index contributed by atoms with van der Waals surface area (Å²) in [5.74, 6) is 0.117. The molecule has 172 valence electrons. The molecule has 2 aromatic rings. The third kappa shape index (κ3) is 6.00. The number of nitrogens with one attached hydrogen (secondary N) is 1. The van der Waals surface area contributed by atoms with Gasteiger partial charge in [-0.15, -0.1) is 0 Å². The topological polar surface area (TPSA) is 102 Å². The smallest absolute Gasteiger partial charge is 0.340 e. The van der Waals surface area contributed by atoms with Gasteiger partial charge in [0.2, 0.25) is 0 Å². The van der Waals surface area contributed by atoms with Gasteiger partial charge in [0, 0.05) is 13.1 Å². The second-order valence-corrected chi connectivity index (χ2v) is 9.38. The van der Waals surface area contributed by atoms with Gasteiger partial charge in [-0.1, -0.05) is 19.1 Å². The Labute approximate surface area is 188 Å². The van der Waals surface area contributed by atoms with E-state index < -0.39 is 16.0 Å². The van der Waals surface area contributed by atoms with Gasteiger partial charge in [-0.3, -0.25) is 9.52 Å². The number of ether oxygens (including phenoxy) is 2. The molecule has 0 aromatic heterocycles. The fourth-order valence-corrected chi connectivity index (χ4v) is 4.47. The van der Waals surface area contributed by atoms with Crippen molar-refractivity contribution in [1.82, 2.24) is 4.90 Å². The van der Waals surface area contributed by atoms with Crippen LogP contribution in [0.2, 0.25) is 0 Å². The van der Waals surface area contributed by atoms with E-state index in [-0.39, 0.29) is 28.7 Å². The maximum absolute atomic E-state index is 12.8. The fourth-order valence-electron chi connectivity index (χ4n) is 3.39. The minimum Gasteiger partial charge on any atom is -0.494 e. The summed E-state index contributed by atoms with van der Waals surface area (Å²) < 4.78 is 38.5. The molecule has 0 unspecified atom stereocenters. The van der Waals surface area contributed by atoms with Crippen LogP contribution < -0.4 is 9.46 Å². The summed E-state index contributed by atoms with van der Waals surface area (Å²) in [6.45, 7) is 5.37. The number of hydrogen-bond acceptors (Lipinski definition) is 6. The average Bonchev–Trinajstić information content (AvgIpc) is 2.78. The van der Waals surface area contributed by atoms with E-state index >= 15 is 0 Å². The molecule has 0 spiro atoms. The number of esters is 1. The summed E-state index contributed by atoms with van der Waals surface area (Å²) in [6.07, 6.45) is 1.85. The Morgan fingerprint density at radius 2 is 1.72 bits per heavy atom. The summed E-state index contributed by atoms with van der Waals surface area (Å²) in [5, 5.41) is 0.